The molecule has 1 aromatic heterocycles. The summed E-state index contributed by atoms with van der Waals surface area (Å²) >= 11 is 0. The highest BCUT2D eigenvalue weighted by Crippen LogP contribution is 2.40. The van der Waals surface area contributed by atoms with E-state index in [4.69, 9.17) is 0 Å². The molecule has 0 aliphatic heterocycles. The van der Waals surface area contributed by atoms with Crippen LogP contribution >= 0.6 is 0 Å². The van der Waals surface area contributed by atoms with Crippen molar-refractivity contribution in [1.29, 1.82) is 0 Å². The number of hydrogen-bond acceptors (Lipinski definition) is 2. The van der Waals surface area contributed by atoms with Crippen LogP contribution in [0.1, 0.15) is 22.4 Å². The molecule has 0 atom stereocenters. The van der Waals surface area contributed by atoms with Crippen LogP contribution in [-0.2, 0) is 24.1 Å². The molecule has 0 saturated carbocycles. The molecule has 1 aliphatic rings. The Bertz CT molecular complexity index is 639. The van der Waals surface area contributed by atoms with Crippen LogP contribution in [0.4, 0.5) is 0 Å². The van der Waals surface area contributed by atoms with Crippen LogP contribution in [-0.4, -0.2) is 16.1 Å². The van der Waals surface area contributed by atoms with Gasteiger partial charge in [-0.05, 0) is 42.5 Å². The number of fused-ring (bicyclic) bond motifs is 1. The molecule has 102 valence electrons. The van der Waals surface area contributed by atoms with Crippen LogP contribution in [0, 0.1) is 12.3 Å². The number of pyridine rings is 1. The Kier molecular flexibility index (Phi) is 3.05. The molecule has 0 spiro atoms. The fourth-order valence-electron chi connectivity index (χ4n) is 3.07. The number of carboxylic acids is 1. The van der Waals surface area contributed by atoms with E-state index >= 15 is 0 Å². The van der Waals surface area contributed by atoms with Gasteiger partial charge in [-0.15, -0.1) is 0 Å². The molecule has 0 amide bonds. The topological polar surface area (TPSA) is 50.2 Å². The van der Waals surface area contributed by atoms with E-state index in [1.165, 1.54) is 0 Å². The average molecular weight is 267 g/mol. The summed E-state index contributed by atoms with van der Waals surface area (Å²) in [4.78, 5) is 16.2. The van der Waals surface area contributed by atoms with E-state index < -0.39 is 11.4 Å². The van der Waals surface area contributed by atoms with Crippen LogP contribution < -0.4 is 0 Å². The molecule has 3 heteroatoms. The van der Waals surface area contributed by atoms with E-state index in [0.29, 0.717) is 19.3 Å². The van der Waals surface area contributed by atoms with Gasteiger partial charge in [0.05, 0.1) is 5.41 Å². The normalized spacial score (nSPS) is 15.8. The Morgan fingerprint density at radius 1 is 1.20 bits per heavy atom. The van der Waals surface area contributed by atoms with Gasteiger partial charge in [0.2, 0.25) is 0 Å². The molecule has 3 nitrogen and oxygen atoms in total. The lowest BCUT2D eigenvalue weighted by molar-refractivity contribution is -0.148. The number of aliphatic carboxylic acids is 1. The smallest absolute Gasteiger partial charge is 0.310 e. The van der Waals surface area contributed by atoms with Crippen molar-refractivity contribution >= 4 is 5.97 Å². The second kappa shape index (κ2) is 4.75. The Balaban J connectivity index is 1.96. The average Bonchev–Trinajstić information content (AvgIpc) is 2.81. The Morgan fingerprint density at radius 3 is 2.40 bits per heavy atom. The maximum Gasteiger partial charge on any atom is 0.310 e. The van der Waals surface area contributed by atoms with Crippen molar-refractivity contribution in [2.45, 2.75) is 26.2 Å². The van der Waals surface area contributed by atoms with E-state index in [1.807, 2.05) is 43.3 Å². The third kappa shape index (κ3) is 2.09. The molecule has 0 unspecified atom stereocenters. The zero-order valence-electron chi connectivity index (χ0n) is 11.5. The zero-order valence-corrected chi connectivity index (χ0v) is 11.5. The van der Waals surface area contributed by atoms with Crippen molar-refractivity contribution in [2.75, 3.05) is 0 Å². The van der Waals surface area contributed by atoms with Crippen LogP contribution in [0.15, 0.2) is 42.6 Å². The predicted octanol–water partition coefficient (Wildman–Crippen LogP) is 2.80. The minimum atomic E-state index is -0.747. The van der Waals surface area contributed by atoms with Crippen molar-refractivity contribution < 1.29 is 9.90 Å². The SMILES string of the molecule is Cc1cccnc1CC1(C(=O)O)Cc2ccccc2C1. The van der Waals surface area contributed by atoms with E-state index in [9.17, 15) is 9.90 Å². The Hall–Kier alpha value is -2.16. The van der Waals surface area contributed by atoms with Crippen LogP contribution in [0.25, 0.3) is 0 Å². The number of benzene rings is 1. The first kappa shape index (κ1) is 12.9. The van der Waals surface area contributed by atoms with Gasteiger partial charge in [-0.3, -0.25) is 9.78 Å². The quantitative estimate of drug-likeness (QED) is 0.930. The summed E-state index contributed by atoms with van der Waals surface area (Å²) in [5, 5.41) is 9.76. The molecule has 1 aromatic carbocycles. The molecule has 3 rings (SSSR count). The molecule has 2 aromatic rings. The second-order valence-electron chi connectivity index (χ2n) is 5.65. The minimum absolute atomic E-state index is 0.490. The Morgan fingerprint density at radius 2 is 1.85 bits per heavy atom. The molecule has 0 fully saturated rings. The molecule has 20 heavy (non-hydrogen) atoms. The maximum atomic E-state index is 11.9. The van der Waals surface area contributed by atoms with Gasteiger partial charge in [0.1, 0.15) is 0 Å². The molecular formula is C17H17NO2. The number of hydrogen-bond donors (Lipinski definition) is 1. The van der Waals surface area contributed by atoms with E-state index in [2.05, 4.69) is 4.98 Å². The van der Waals surface area contributed by atoms with E-state index in [0.717, 1.165) is 22.4 Å². The maximum absolute atomic E-state index is 11.9. The second-order valence-corrected chi connectivity index (χ2v) is 5.65. The summed E-state index contributed by atoms with van der Waals surface area (Å²) in [6, 6.07) is 11.9. The van der Waals surface area contributed by atoms with Crippen LogP contribution in [0.2, 0.25) is 0 Å². The summed E-state index contributed by atoms with van der Waals surface area (Å²) in [6.45, 7) is 1.99. The molecular weight excluding hydrogens is 250 g/mol. The van der Waals surface area contributed by atoms with Gasteiger partial charge in [0.15, 0.2) is 0 Å². The monoisotopic (exact) mass is 267 g/mol. The lowest BCUT2D eigenvalue weighted by atomic mass is 9.79. The van der Waals surface area contributed by atoms with E-state index in [-0.39, 0.29) is 0 Å². The first-order valence-electron chi connectivity index (χ1n) is 6.81. The van der Waals surface area contributed by atoms with E-state index in [1.54, 1.807) is 6.20 Å². The van der Waals surface area contributed by atoms with Gasteiger partial charge in [0, 0.05) is 18.3 Å². The molecule has 1 heterocycles. The van der Waals surface area contributed by atoms with Crippen LogP contribution in [0.5, 0.6) is 0 Å². The third-order valence-electron chi connectivity index (χ3n) is 4.25. The predicted molar refractivity (Wildman–Crippen MR) is 76.6 cm³/mol. The number of rotatable bonds is 3. The van der Waals surface area contributed by atoms with Crippen molar-refractivity contribution in [2.24, 2.45) is 5.41 Å². The molecule has 1 aliphatic carbocycles. The fourth-order valence-corrected chi connectivity index (χ4v) is 3.07. The summed E-state index contributed by atoms with van der Waals surface area (Å²) in [5.74, 6) is -0.723. The van der Waals surface area contributed by atoms with Gasteiger partial charge in [-0.1, -0.05) is 30.3 Å². The highest BCUT2D eigenvalue weighted by molar-refractivity contribution is 5.77. The lowest BCUT2D eigenvalue weighted by Gasteiger charge is -2.24. The summed E-state index contributed by atoms with van der Waals surface area (Å²) in [5.41, 5.74) is 3.52. The highest BCUT2D eigenvalue weighted by Gasteiger charge is 2.44. The number of carbonyl (C=O) groups is 1. The number of aromatic nitrogens is 1. The van der Waals surface area contributed by atoms with Gasteiger partial charge in [-0.2, -0.15) is 0 Å². The number of aryl methyl sites for hydroxylation is 1. The minimum Gasteiger partial charge on any atom is -0.481 e. The third-order valence-corrected chi connectivity index (χ3v) is 4.25. The van der Waals surface area contributed by atoms with Gasteiger partial charge >= 0.3 is 5.97 Å². The summed E-state index contributed by atoms with van der Waals surface area (Å²) < 4.78 is 0. The summed E-state index contributed by atoms with van der Waals surface area (Å²) in [6.07, 6.45) is 3.41. The molecule has 0 radical (unpaired) electrons. The number of carboxylic acid groups (broad SMARTS) is 1. The van der Waals surface area contributed by atoms with Crippen molar-refractivity contribution in [3.63, 3.8) is 0 Å². The highest BCUT2D eigenvalue weighted by atomic mass is 16.4. The molecule has 0 bridgehead atoms. The van der Waals surface area contributed by atoms with Crippen molar-refractivity contribution in [3.05, 3.63) is 65.0 Å². The fraction of sp³-hybridized carbons (Fsp3) is 0.294. The largest absolute Gasteiger partial charge is 0.481 e. The molecule has 1 N–H and O–H groups in total. The van der Waals surface area contributed by atoms with Gasteiger partial charge in [-0.25, -0.2) is 0 Å². The summed E-state index contributed by atoms with van der Waals surface area (Å²) in [7, 11) is 0. The van der Waals surface area contributed by atoms with Crippen molar-refractivity contribution in [3.8, 4) is 0 Å². The van der Waals surface area contributed by atoms with Gasteiger partial charge < -0.3 is 5.11 Å². The lowest BCUT2D eigenvalue weighted by Crippen LogP contribution is -2.34. The van der Waals surface area contributed by atoms with Crippen LogP contribution in [0.3, 0.4) is 0 Å². The zero-order chi connectivity index (χ0) is 14.2. The number of nitrogens with zero attached hydrogens (tertiary/aromatic N) is 1. The van der Waals surface area contributed by atoms with Crippen molar-refractivity contribution in [1.82, 2.24) is 4.98 Å². The molecule has 0 saturated heterocycles. The first-order chi connectivity index (χ1) is 9.61. The first-order valence-corrected chi connectivity index (χ1v) is 6.81. The Labute approximate surface area is 118 Å². The van der Waals surface area contributed by atoms with Gasteiger partial charge in [0.25, 0.3) is 0 Å². The standard InChI is InChI=1S/C17H17NO2/c1-12-5-4-8-18-15(12)11-17(16(19)20)9-13-6-2-3-7-14(13)10-17/h2-8H,9-11H2,1H3,(H,19,20).